The summed E-state index contributed by atoms with van der Waals surface area (Å²) >= 11 is 6.21. The molecule has 0 radical (unpaired) electrons. The fourth-order valence-corrected chi connectivity index (χ4v) is 3.89. The van der Waals surface area contributed by atoms with Crippen molar-refractivity contribution in [1.82, 2.24) is 14.5 Å². The molecule has 2 aromatic heterocycles. The van der Waals surface area contributed by atoms with Crippen LogP contribution < -0.4 is 0 Å². The monoisotopic (exact) mass is 307 g/mol. The summed E-state index contributed by atoms with van der Waals surface area (Å²) in [5.41, 5.74) is 2.06. The largest absolute Gasteiger partial charge is 0.348 e. The average molecular weight is 308 g/mol. The molecule has 2 aliphatic rings. The zero-order valence-corrected chi connectivity index (χ0v) is 12.8. The van der Waals surface area contributed by atoms with Crippen LogP contribution in [-0.2, 0) is 9.47 Å². The Morgan fingerprint density at radius 2 is 1.95 bits per heavy atom. The molecule has 0 unspecified atom stereocenters. The van der Waals surface area contributed by atoms with Crippen molar-refractivity contribution in [3.63, 3.8) is 0 Å². The molecule has 6 heteroatoms. The minimum atomic E-state index is -0.318. The van der Waals surface area contributed by atoms with Crippen LogP contribution in [0.2, 0.25) is 5.15 Å². The van der Waals surface area contributed by atoms with E-state index in [1.54, 1.807) is 0 Å². The molecular formula is C15H18ClN3O2. The van der Waals surface area contributed by atoms with E-state index < -0.39 is 0 Å². The summed E-state index contributed by atoms with van der Waals surface area (Å²) in [7, 11) is 0. The van der Waals surface area contributed by atoms with Crippen LogP contribution >= 0.6 is 11.6 Å². The van der Waals surface area contributed by atoms with Gasteiger partial charge in [0.2, 0.25) is 0 Å². The number of aromatic nitrogens is 3. The van der Waals surface area contributed by atoms with Crippen molar-refractivity contribution in [3.05, 3.63) is 23.2 Å². The van der Waals surface area contributed by atoms with Gasteiger partial charge in [0, 0.05) is 25.1 Å². The molecule has 21 heavy (non-hydrogen) atoms. The molecule has 3 heterocycles. The van der Waals surface area contributed by atoms with Gasteiger partial charge in [-0.05, 0) is 25.3 Å². The lowest BCUT2D eigenvalue weighted by Gasteiger charge is -2.36. The van der Waals surface area contributed by atoms with Crippen molar-refractivity contribution >= 4 is 22.6 Å². The first-order valence-corrected chi connectivity index (χ1v) is 7.82. The number of fused-ring (bicyclic) bond motifs is 1. The highest BCUT2D eigenvalue weighted by Gasteiger charge is 2.40. The maximum absolute atomic E-state index is 6.21. The Morgan fingerprint density at radius 3 is 2.67 bits per heavy atom. The van der Waals surface area contributed by atoms with Crippen LogP contribution in [0.3, 0.4) is 0 Å². The summed E-state index contributed by atoms with van der Waals surface area (Å²) in [6, 6.07) is 0.422. The highest BCUT2D eigenvalue weighted by molar-refractivity contribution is 6.34. The highest BCUT2D eigenvalue weighted by atomic mass is 35.5. The van der Waals surface area contributed by atoms with Gasteiger partial charge in [0.15, 0.2) is 5.79 Å². The van der Waals surface area contributed by atoms with Crippen molar-refractivity contribution in [1.29, 1.82) is 0 Å². The van der Waals surface area contributed by atoms with Crippen LogP contribution in [0.4, 0.5) is 0 Å². The highest BCUT2D eigenvalue weighted by Crippen LogP contribution is 2.41. The predicted molar refractivity (Wildman–Crippen MR) is 79.4 cm³/mol. The van der Waals surface area contributed by atoms with Crippen molar-refractivity contribution in [2.24, 2.45) is 0 Å². The topological polar surface area (TPSA) is 49.2 Å². The maximum atomic E-state index is 6.21. The van der Waals surface area contributed by atoms with Gasteiger partial charge in [-0.3, -0.25) is 0 Å². The third-order valence-electron chi connectivity index (χ3n) is 4.68. The van der Waals surface area contributed by atoms with E-state index in [4.69, 9.17) is 21.1 Å². The van der Waals surface area contributed by atoms with Crippen molar-refractivity contribution in [2.75, 3.05) is 13.2 Å². The number of hydrogen-bond donors (Lipinski definition) is 0. The molecule has 2 aromatic rings. The lowest BCUT2D eigenvalue weighted by molar-refractivity contribution is -0.181. The first kappa shape index (κ1) is 13.5. The van der Waals surface area contributed by atoms with E-state index in [1.165, 1.54) is 6.33 Å². The van der Waals surface area contributed by atoms with Crippen molar-refractivity contribution < 1.29 is 9.47 Å². The van der Waals surface area contributed by atoms with Gasteiger partial charge in [0.1, 0.15) is 17.1 Å². The van der Waals surface area contributed by atoms with E-state index in [1.807, 2.05) is 0 Å². The average Bonchev–Trinajstić information content (AvgIpc) is 3.07. The van der Waals surface area contributed by atoms with Crippen LogP contribution in [0, 0.1) is 6.92 Å². The Kier molecular flexibility index (Phi) is 3.17. The molecule has 1 aliphatic heterocycles. The van der Waals surface area contributed by atoms with Crippen molar-refractivity contribution in [3.8, 4) is 0 Å². The summed E-state index contributed by atoms with van der Waals surface area (Å²) in [5.74, 6) is -0.318. The smallest absolute Gasteiger partial charge is 0.168 e. The first-order chi connectivity index (χ1) is 10.2. The molecule has 0 N–H and O–H groups in total. The lowest BCUT2D eigenvalue weighted by Crippen LogP contribution is -2.35. The number of halogens is 1. The number of ether oxygens (including phenoxy) is 2. The number of rotatable bonds is 1. The predicted octanol–water partition coefficient (Wildman–Crippen LogP) is 3.25. The van der Waals surface area contributed by atoms with Crippen molar-refractivity contribution in [2.45, 2.75) is 44.4 Å². The molecular weight excluding hydrogens is 290 g/mol. The number of aryl methyl sites for hydroxylation is 1. The standard InChI is InChI=1S/C15H18ClN3O2/c1-10-8-19(14-12(10)13(16)17-9-18-14)11-2-4-15(5-3-11)20-6-7-21-15/h8-9,11H,2-7H2,1H3. The Hall–Kier alpha value is -1.17. The fourth-order valence-electron chi connectivity index (χ4n) is 3.61. The maximum Gasteiger partial charge on any atom is 0.168 e. The molecule has 0 atom stereocenters. The number of hydrogen-bond acceptors (Lipinski definition) is 4. The van der Waals surface area contributed by atoms with Gasteiger partial charge in [-0.1, -0.05) is 11.6 Å². The normalized spacial score (nSPS) is 22.4. The second-order valence-corrected chi connectivity index (χ2v) is 6.28. The zero-order chi connectivity index (χ0) is 14.4. The second kappa shape index (κ2) is 4.93. The van der Waals surface area contributed by atoms with Crippen LogP contribution in [0.15, 0.2) is 12.5 Å². The lowest BCUT2D eigenvalue weighted by atomic mass is 9.90. The summed E-state index contributed by atoms with van der Waals surface area (Å²) in [6.45, 7) is 3.50. The minimum absolute atomic E-state index is 0.318. The third-order valence-corrected chi connectivity index (χ3v) is 4.96. The molecule has 0 bridgehead atoms. The summed E-state index contributed by atoms with van der Waals surface area (Å²) in [5, 5.41) is 1.50. The van der Waals surface area contributed by atoms with Gasteiger partial charge >= 0.3 is 0 Å². The van der Waals surface area contributed by atoms with E-state index >= 15 is 0 Å². The summed E-state index contributed by atoms with van der Waals surface area (Å²) in [4.78, 5) is 8.52. The van der Waals surface area contributed by atoms with Gasteiger partial charge in [-0.25, -0.2) is 9.97 Å². The van der Waals surface area contributed by atoms with Gasteiger partial charge in [0.25, 0.3) is 0 Å². The molecule has 1 saturated carbocycles. The Labute approximate surface area is 128 Å². The molecule has 4 rings (SSSR count). The Balaban J connectivity index is 1.64. The molecule has 112 valence electrons. The summed E-state index contributed by atoms with van der Waals surface area (Å²) in [6.07, 6.45) is 7.62. The zero-order valence-electron chi connectivity index (χ0n) is 12.0. The fraction of sp³-hybridized carbons (Fsp3) is 0.600. The number of nitrogens with zero attached hydrogens (tertiary/aromatic N) is 3. The van der Waals surface area contributed by atoms with Gasteiger partial charge in [-0.2, -0.15) is 0 Å². The minimum Gasteiger partial charge on any atom is -0.348 e. The molecule has 0 aromatic carbocycles. The molecule has 5 nitrogen and oxygen atoms in total. The van der Waals surface area contributed by atoms with E-state index in [9.17, 15) is 0 Å². The molecule has 2 fully saturated rings. The van der Waals surface area contributed by atoms with E-state index in [0.29, 0.717) is 11.2 Å². The molecule has 1 spiro atoms. The molecule has 0 amide bonds. The SMILES string of the molecule is Cc1cn(C2CCC3(CC2)OCCO3)c2ncnc(Cl)c12. The van der Waals surface area contributed by atoms with Crippen LogP contribution in [0.5, 0.6) is 0 Å². The third kappa shape index (κ3) is 2.15. The van der Waals surface area contributed by atoms with Gasteiger partial charge in [0.05, 0.1) is 18.6 Å². The molecule has 1 saturated heterocycles. The van der Waals surface area contributed by atoms with E-state index in [2.05, 4.69) is 27.7 Å². The Morgan fingerprint density at radius 1 is 1.24 bits per heavy atom. The van der Waals surface area contributed by atoms with Gasteiger partial charge in [-0.15, -0.1) is 0 Å². The van der Waals surface area contributed by atoms with Crippen LogP contribution in [0.1, 0.15) is 37.3 Å². The second-order valence-electron chi connectivity index (χ2n) is 5.92. The quantitative estimate of drug-likeness (QED) is 0.759. The summed E-state index contributed by atoms with van der Waals surface area (Å²) < 4.78 is 13.8. The van der Waals surface area contributed by atoms with Gasteiger partial charge < -0.3 is 14.0 Å². The van der Waals surface area contributed by atoms with Crippen LogP contribution in [-0.4, -0.2) is 33.5 Å². The first-order valence-electron chi connectivity index (χ1n) is 7.44. The van der Waals surface area contributed by atoms with E-state index in [-0.39, 0.29) is 5.79 Å². The van der Waals surface area contributed by atoms with Crippen LogP contribution in [0.25, 0.3) is 11.0 Å². The molecule has 1 aliphatic carbocycles. The Bertz CT molecular complexity index is 669. The van der Waals surface area contributed by atoms with E-state index in [0.717, 1.165) is 55.5 Å².